The molecule has 22 heavy (non-hydrogen) atoms. The lowest BCUT2D eigenvalue weighted by Crippen LogP contribution is -2.01. The van der Waals surface area contributed by atoms with Gasteiger partial charge in [-0.15, -0.1) is 0 Å². The Bertz CT molecular complexity index is 723. The van der Waals surface area contributed by atoms with Crippen molar-refractivity contribution in [2.45, 2.75) is 0 Å². The molecule has 0 radical (unpaired) electrons. The SMILES string of the molecule is N=Cc1cc(/C=C/CNc2ccc(Br)cc2C=N)ccc1N. The molecule has 2 aromatic rings. The highest BCUT2D eigenvalue weighted by molar-refractivity contribution is 9.10. The predicted octanol–water partition coefficient (Wildman–Crippen LogP) is 4.15. The molecule has 2 aromatic carbocycles. The zero-order chi connectivity index (χ0) is 15.9. The summed E-state index contributed by atoms with van der Waals surface area (Å²) in [6, 6.07) is 11.4. The van der Waals surface area contributed by atoms with Crippen LogP contribution in [0.5, 0.6) is 0 Å². The van der Waals surface area contributed by atoms with Crippen LogP contribution >= 0.6 is 15.9 Å². The fourth-order valence-electron chi connectivity index (χ4n) is 2.00. The van der Waals surface area contributed by atoms with Gasteiger partial charge in [0.1, 0.15) is 0 Å². The largest absolute Gasteiger partial charge is 0.398 e. The highest BCUT2D eigenvalue weighted by Crippen LogP contribution is 2.19. The minimum Gasteiger partial charge on any atom is -0.398 e. The third-order valence-electron chi connectivity index (χ3n) is 3.16. The van der Waals surface area contributed by atoms with E-state index in [0.29, 0.717) is 17.8 Å². The average molecular weight is 357 g/mol. The molecule has 0 heterocycles. The number of halogens is 1. The Morgan fingerprint density at radius 1 is 1.05 bits per heavy atom. The van der Waals surface area contributed by atoms with Gasteiger partial charge < -0.3 is 21.9 Å². The maximum absolute atomic E-state index is 7.42. The first-order valence-electron chi connectivity index (χ1n) is 6.74. The molecular formula is C17H17BrN4. The van der Waals surface area contributed by atoms with Gasteiger partial charge in [-0.3, -0.25) is 0 Å². The summed E-state index contributed by atoms with van der Waals surface area (Å²) in [6.45, 7) is 0.646. The lowest BCUT2D eigenvalue weighted by molar-refractivity contribution is 1.33. The number of rotatable bonds is 6. The second-order valence-corrected chi connectivity index (χ2v) is 5.61. The standard InChI is InChI=1S/C17H17BrN4/c18-15-4-6-17(14(9-15)11-20)22-7-1-2-12-3-5-16(21)13(8-12)10-19/h1-6,8-11,19-20,22H,7,21H2/b2-1+,19-10?,20-11?. The topological polar surface area (TPSA) is 85.8 Å². The van der Waals surface area contributed by atoms with Crippen molar-refractivity contribution in [1.82, 2.24) is 0 Å². The second kappa shape index (κ2) is 7.56. The first kappa shape index (κ1) is 16.0. The number of hydrogen-bond donors (Lipinski definition) is 4. The van der Waals surface area contributed by atoms with Crippen LogP contribution in [0.15, 0.2) is 46.9 Å². The summed E-state index contributed by atoms with van der Waals surface area (Å²) < 4.78 is 0.952. The molecule has 0 spiro atoms. The van der Waals surface area contributed by atoms with Gasteiger partial charge in [0, 0.05) is 45.9 Å². The molecule has 5 N–H and O–H groups in total. The van der Waals surface area contributed by atoms with Gasteiger partial charge >= 0.3 is 0 Å². The third kappa shape index (κ3) is 4.05. The van der Waals surface area contributed by atoms with E-state index in [9.17, 15) is 0 Å². The Kier molecular flexibility index (Phi) is 5.49. The molecule has 0 unspecified atom stereocenters. The van der Waals surface area contributed by atoms with E-state index in [1.165, 1.54) is 12.4 Å². The van der Waals surface area contributed by atoms with E-state index >= 15 is 0 Å². The second-order valence-electron chi connectivity index (χ2n) is 4.69. The molecule has 0 bridgehead atoms. The van der Waals surface area contributed by atoms with Gasteiger partial charge in [0.2, 0.25) is 0 Å². The minimum atomic E-state index is 0.607. The van der Waals surface area contributed by atoms with E-state index in [1.54, 1.807) is 6.07 Å². The summed E-state index contributed by atoms with van der Waals surface area (Å²) in [5, 5.41) is 18.0. The quantitative estimate of drug-likeness (QED) is 0.462. The highest BCUT2D eigenvalue weighted by Gasteiger charge is 1.99. The van der Waals surface area contributed by atoms with E-state index < -0.39 is 0 Å². The summed E-state index contributed by atoms with van der Waals surface area (Å²) >= 11 is 3.40. The molecule has 0 saturated heterocycles. The maximum atomic E-state index is 7.42. The fraction of sp³-hybridized carbons (Fsp3) is 0.0588. The molecule has 0 aliphatic heterocycles. The van der Waals surface area contributed by atoms with Crippen molar-refractivity contribution in [2.75, 3.05) is 17.6 Å². The maximum Gasteiger partial charge on any atom is 0.0432 e. The van der Waals surface area contributed by atoms with Crippen LogP contribution in [0.3, 0.4) is 0 Å². The van der Waals surface area contributed by atoms with Crippen LogP contribution in [0.4, 0.5) is 11.4 Å². The number of hydrogen-bond acceptors (Lipinski definition) is 4. The van der Waals surface area contributed by atoms with Gasteiger partial charge in [0.05, 0.1) is 0 Å². The van der Waals surface area contributed by atoms with Crippen LogP contribution in [-0.4, -0.2) is 19.0 Å². The monoisotopic (exact) mass is 356 g/mol. The number of benzene rings is 2. The van der Waals surface area contributed by atoms with Crippen LogP contribution in [0.25, 0.3) is 6.08 Å². The molecule has 0 aliphatic carbocycles. The zero-order valence-corrected chi connectivity index (χ0v) is 13.5. The van der Waals surface area contributed by atoms with Crippen molar-refractivity contribution in [2.24, 2.45) is 0 Å². The van der Waals surface area contributed by atoms with Crippen LogP contribution in [-0.2, 0) is 0 Å². The average Bonchev–Trinajstić information content (AvgIpc) is 2.53. The fourth-order valence-corrected chi connectivity index (χ4v) is 2.38. The van der Waals surface area contributed by atoms with Crippen LogP contribution in [0.1, 0.15) is 16.7 Å². The van der Waals surface area contributed by atoms with Crippen LogP contribution in [0.2, 0.25) is 0 Å². The van der Waals surface area contributed by atoms with Gasteiger partial charge in [-0.1, -0.05) is 34.1 Å². The number of anilines is 2. The van der Waals surface area contributed by atoms with Gasteiger partial charge in [-0.25, -0.2) is 0 Å². The molecule has 2 rings (SSSR count). The summed E-state index contributed by atoms with van der Waals surface area (Å²) in [4.78, 5) is 0. The third-order valence-corrected chi connectivity index (χ3v) is 3.65. The lowest BCUT2D eigenvalue weighted by atomic mass is 10.1. The molecule has 0 atom stereocenters. The Morgan fingerprint density at radius 3 is 2.55 bits per heavy atom. The summed E-state index contributed by atoms with van der Waals surface area (Å²) in [5.74, 6) is 0. The van der Waals surface area contributed by atoms with Gasteiger partial charge in [0.25, 0.3) is 0 Å². The number of nitrogen functional groups attached to an aromatic ring is 1. The van der Waals surface area contributed by atoms with E-state index in [1.807, 2.05) is 42.5 Å². The first-order valence-corrected chi connectivity index (χ1v) is 7.54. The van der Waals surface area contributed by atoms with Crippen molar-refractivity contribution >= 4 is 45.8 Å². The summed E-state index contributed by atoms with van der Waals surface area (Å²) in [5.41, 5.74) is 9.84. The molecule has 0 fully saturated rings. The van der Waals surface area contributed by atoms with Crippen LogP contribution in [0, 0.1) is 10.8 Å². The normalized spacial score (nSPS) is 10.6. The van der Waals surface area contributed by atoms with Crippen molar-refractivity contribution in [1.29, 1.82) is 10.8 Å². The highest BCUT2D eigenvalue weighted by atomic mass is 79.9. The number of nitrogens with one attached hydrogen (secondary N) is 3. The van der Waals surface area contributed by atoms with Crippen molar-refractivity contribution < 1.29 is 0 Å². The first-order chi connectivity index (χ1) is 10.6. The van der Waals surface area contributed by atoms with Crippen molar-refractivity contribution in [3.63, 3.8) is 0 Å². The van der Waals surface area contributed by atoms with Crippen molar-refractivity contribution in [3.05, 3.63) is 63.6 Å². The van der Waals surface area contributed by atoms with Crippen LogP contribution < -0.4 is 11.1 Å². The predicted molar refractivity (Wildman–Crippen MR) is 98.3 cm³/mol. The van der Waals surface area contributed by atoms with Gasteiger partial charge in [-0.2, -0.15) is 0 Å². The molecular weight excluding hydrogens is 340 g/mol. The molecule has 5 heteroatoms. The van der Waals surface area contributed by atoms with Crippen molar-refractivity contribution in [3.8, 4) is 0 Å². The molecule has 0 aliphatic rings. The Balaban J connectivity index is 2.02. The summed E-state index contributed by atoms with van der Waals surface area (Å²) in [7, 11) is 0. The Labute approximate surface area is 138 Å². The minimum absolute atomic E-state index is 0.607. The Hall–Kier alpha value is -2.40. The smallest absolute Gasteiger partial charge is 0.0432 e. The molecule has 0 saturated carbocycles. The molecule has 0 amide bonds. The molecule has 4 nitrogen and oxygen atoms in total. The lowest BCUT2D eigenvalue weighted by Gasteiger charge is -2.07. The van der Waals surface area contributed by atoms with Gasteiger partial charge in [0.15, 0.2) is 0 Å². The van der Waals surface area contributed by atoms with Gasteiger partial charge in [-0.05, 0) is 35.9 Å². The zero-order valence-electron chi connectivity index (χ0n) is 11.9. The molecule has 0 aromatic heterocycles. The summed E-state index contributed by atoms with van der Waals surface area (Å²) in [6.07, 6.45) is 6.55. The number of nitrogens with two attached hydrogens (primary N) is 1. The van der Waals surface area contributed by atoms with E-state index in [2.05, 4.69) is 21.2 Å². The van der Waals surface area contributed by atoms with E-state index in [4.69, 9.17) is 16.6 Å². The van der Waals surface area contributed by atoms with E-state index in [0.717, 1.165) is 21.3 Å². The van der Waals surface area contributed by atoms with E-state index in [-0.39, 0.29) is 0 Å². The molecule has 112 valence electrons. The Morgan fingerprint density at radius 2 is 1.82 bits per heavy atom.